The standard InChI is InChI=1S/C10H19N2O2.3BF4.K/c1-10(2,3)14-9(13)12-7-5-11(4)6-8-12;3*2-1(3,4)5;/h4-8H2,1-3H3;;;;/q4*-1;+1. The van der Waals surface area contributed by atoms with E-state index >= 15 is 0 Å². The Balaban J connectivity index is -0.000000176. The molecule has 0 unspecified atom stereocenters. The number of carbonyl (C=O) groups is 1. The number of nitrogens with zero attached hydrogens (tertiary/aromatic N) is 2. The van der Waals surface area contributed by atoms with E-state index in [1.165, 1.54) is 0 Å². The number of piperazine rings is 1. The first kappa shape index (κ1) is 37.5. The zero-order valence-corrected chi connectivity index (χ0v) is 19.6. The maximum atomic E-state index is 11.6. The van der Waals surface area contributed by atoms with Crippen molar-refractivity contribution in [3.8, 4) is 0 Å². The molecule has 1 aliphatic rings. The first-order chi connectivity index (χ1) is 12.4. The van der Waals surface area contributed by atoms with Crippen molar-refractivity contribution < 1.29 is 113 Å². The average molecular weight is 499 g/mol. The smallest absolute Gasteiger partial charge is 0.456 e. The van der Waals surface area contributed by atoms with Crippen molar-refractivity contribution in [2.75, 3.05) is 26.2 Å². The summed E-state index contributed by atoms with van der Waals surface area (Å²) in [6.07, 6.45) is -0.217. The van der Waals surface area contributed by atoms with Gasteiger partial charge in [0.15, 0.2) is 0 Å². The minimum absolute atomic E-state index is 0. The van der Waals surface area contributed by atoms with Crippen LogP contribution in [0.4, 0.5) is 56.6 Å². The van der Waals surface area contributed by atoms with Crippen LogP contribution in [-0.2, 0) is 4.74 Å². The van der Waals surface area contributed by atoms with Gasteiger partial charge in [-0.3, -0.25) is 7.05 Å². The summed E-state index contributed by atoms with van der Waals surface area (Å²) in [5, 5.41) is 0. The topological polar surface area (TPSA) is 32.8 Å². The molecule has 4 nitrogen and oxygen atoms in total. The number of rotatable bonds is 0. The first-order valence-corrected chi connectivity index (χ1v) is 7.54. The molecule has 178 valence electrons. The zero-order valence-electron chi connectivity index (χ0n) is 16.5. The molecule has 1 fully saturated rings. The van der Waals surface area contributed by atoms with Crippen LogP contribution in [0, 0.1) is 7.05 Å². The van der Waals surface area contributed by atoms with Gasteiger partial charge >= 0.3 is 79.2 Å². The van der Waals surface area contributed by atoms with Crippen molar-refractivity contribution in [1.29, 1.82) is 0 Å². The summed E-state index contributed by atoms with van der Waals surface area (Å²) in [5.41, 5.74) is -0.404. The fourth-order valence-corrected chi connectivity index (χ4v) is 1.26. The summed E-state index contributed by atoms with van der Waals surface area (Å²) in [4.78, 5) is 15.3. The van der Waals surface area contributed by atoms with Gasteiger partial charge in [-0.05, 0) is 33.9 Å². The van der Waals surface area contributed by atoms with Gasteiger partial charge in [0.05, 0.1) is 0 Å². The molecule has 0 saturated carbocycles. The molecule has 0 N–H and O–H groups in total. The van der Waals surface area contributed by atoms with Crippen LogP contribution in [0.3, 0.4) is 0 Å². The molecule has 0 aliphatic carbocycles. The van der Waals surface area contributed by atoms with Crippen LogP contribution in [0.5, 0.6) is 0 Å². The zero-order chi connectivity index (χ0) is 24.3. The van der Waals surface area contributed by atoms with E-state index in [2.05, 4.69) is 7.05 Å². The second kappa shape index (κ2) is 15.9. The van der Waals surface area contributed by atoms with Crippen LogP contribution in [0.25, 0.3) is 0 Å². The fraction of sp³-hybridized carbons (Fsp3) is 0.800. The molecule has 0 radical (unpaired) electrons. The monoisotopic (exact) mass is 499 g/mol. The number of ether oxygens (including phenoxy) is 1. The predicted octanol–water partition coefficient (Wildman–Crippen LogP) is 2.23. The van der Waals surface area contributed by atoms with Crippen molar-refractivity contribution in [1.82, 2.24) is 9.80 Å². The number of hydrogen-bond acceptors (Lipinski definition) is 3. The second-order valence-electron chi connectivity index (χ2n) is 6.07. The molecule has 20 heteroatoms. The summed E-state index contributed by atoms with van der Waals surface area (Å²) in [6, 6.07) is 0. The van der Waals surface area contributed by atoms with Gasteiger partial charge in [-0.15, -0.1) is 0 Å². The van der Waals surface area contributed by atoms with Gasteiger partial charge in [-0.2, -0.15) is 0 Å². The van der Waals surface area contributed by atoms with Crippen molar-refractivity contribution in [3.05, 3.63) is 7.05 Å². The van der Waals surface area contributed by atoms with Gasteiger partial charge in [-0.1, -0.05) is 0 Å². The summed E-state index contributed by atoms with van der Waals surface area (Å²) in [5.74, 6) is 0. The molecule has 0 spiro atoms. The van der Waals surface area contributed by atoms with E-state index < -0.39 is 27.4 Å². The predicted molar refractivity (Wildman–Crippen MR) is 85.3 cm³/mol. The third-order valence-corrected chi connectivity index (χ3v) is 2.02. The van der Waals surface area contributed by atoms with Crippen LogP contribution < -0.4 is 51.4 Å². The van der Waals surface area contributed by atoms with Crippen LogP contribution >= 0.6 is 0 Å². The SMILES string of the molecule is F[B-](F)(F)F.F[B-](F)(F)F.F[B-](F)(F)F.[CH2-]N1CCN(C(=O)OC(C)(C)C)CC1.[K+]. The fourth-order valence-electron chi connectivity index (χ4n) is 1.26. The third kappa shape index (κ3) is 56.6. The Hall–Kier alpha value is 0.221. The maximum absolute atomic E-state index is 11.6. The van der Waals surface area contributed by atoms with Crippen molar-refractivity contribution >= 4 is 27.9 Å². The van der Waals surface area contributed by atoms with E-state index in [1.807, 2.05) is 25.7 Å². The van der Waals surface area contributed by atoms with Gasteiger partial charge in [0.1, 0.15) is 5.60 Å². The molecule has 1 saturated heterocycles. The van der Waals surface area contributed by atoms with Gasteiger partial charge in [-0.25, -0.2) is 4.79 Å². The molecule has 0 atom stereocenters. The van der Waals surface area contributed by atoms with E-state index in [4.69, 9.17) is 4.74 Å². The normalized spacial score (nSPS) is 15.1. The molecule has 1 amide bonds. The van der Waals surface area contributed by atoms with E-state index in [1.54, 1.807) is 4.90 Å². The van der Waals surface area contributed by atoms with Gasteiger partial charge in [0.25, 0.3) is 0 Å². The largest absolute Gasteiger partial charge is 1.00 e. The number of amides is 1. The molecule has 1 heterocycles. The summed E-state index contributed by atoms with van der Waals surface area (Å²) < 4.78 is 122. The molecular weight excluding hydrogens is 480 g/mol. The molecule has 30 heavy (non-hydrogen) atoms. The Morgan fingerprint density at radius 2 is 0.967 bits per heavy atom. The first-order valence-electron chi connectivity index (χ1n) is 7.54. The van der Waals surface area contributed by atoms with Gasteiger partial charge in [0, 0.05) is 13.1 Å². The van der Waals surface area contributed by atoms with Crippen molar-refractivity contribution in [3.63, 3.8) is 0 Å². The van der Waals surface area contributed by atoms with Gasteiger partial charge < -0.3 is 66.3 Å². The molecule has 1 aliphatic heterocycles. The molecule has 1 rings (SSSR count). The summed E-state index contributed by atoms with van der Waals surface area (Å²) >= 11 is 0. The molecule has 0 aromatic carbocycles. The maximum Gasteiger partial charge on any atom is 1.00 e. The molecular formula is C10H19B3F12KN2O2-3. The third-order valence-electron chi connectivity index (χ3n) is 2.02. The Morgan fingerprint density at radius 3 is 1.17 bits per heavy atom. The molecule has 0 aromatic rings. The minimum atomic E-state index is -6.00. The quantitative estimate of drug-likeness (QED) is 0.292. The second-order valence-corrected chi connectivity index (χ2v) is 6.07. The van der Waals surface area contributed by atoms with Crippen LogP contribution in [0.1, 0.15) is 20.8 Å². The minimum Gasteiger partial charge on any atom is -0.456 e. The van der Waals surface area contributed by atoms with Crippen LogP contribution in [0.2, 0.25) is 0 Å². The van der Waals surface area contributed by atoms with E-state index in [-0.39, 0.29) is 57.5 Å². The van der Waals surface area contributed by atoms with Crippen LogP contribution in [-0.4, -0.2) is 69.4 Å². The van der Waals surface area contributed by atoms with E-state index in [0.29, 0.717) is 13.1 Å². The summed E-state index contributed by atoms with van der Waals surface area (Å²) in [7, 11) is -14.2. The van der Waals surface area contributed by atoms with Crippen LogP contribution in [0.15, 0.2) is 0 Å². The number of halogens is 12. The molecule has 0 bridgehead atoms. The average Bonchev–Trinajstić information content (AvgIpc) is 2.30. The summed E-state index contributed by atoms with van der Waals surface area (Å²) in [6.45, 7) is 8.68. The van der Waals surface area contributed by atoms with Gasteiger partial charge in [0.2, 0.25) is 0 Å². The number of carbonyl (C=O) groups excluding carboxylic acids is 1. The van der Waals surface area contributed by atoms with E-state index in [0.717, 1.165) is 13.1 Å². The Bertz CT molecular complexity index is 405. The van der Waals surface area contributed by atoms with E-state index in [9.17, 15) is 56.6 Å². The number of hydrogen-bond donors (Lipinski definition) is 0. The Morgan fingerprint density at radius 1 is 0.733 bits per heavy atom. The Labute approximate surface area is 208 Å². The molecule has 0 aromatic heterocycles. The van der Waals surface area contributed by atoms with Crippen molar-refractivity contribution in [2.45, 2.75) is 26.4 Å². The Kier molecular flexibility index (Phi) is 19.9. The van der Waals surface area contributed by atoms with Crippen molar-refractivity contribution in [2.24, 2.45) is 0 Å².